The molecule has 0 aliphatic carbocycles. The predicted molar refractivity (Wildman–Crippen MR) is 34.2 cm³/mol. The van der Waals surface area contributed by atoms with Gasteiger partial charge in [-0.2, -0.15) is 5.48 Å². The van der Waals surface area contributed by atoms with Crippen LogP contribution in [0.25, 0.3) is 0 Å². The van der Waals surface area contributed by atoms with Gasteiger partial charge in [-0.1, -0.05) is 12.2 Å². The third-order valence-electron chi connectivity index (χ3n) is 1.25. The van der Waals surface area contributed by atoms with Crippen molar-refractivity contribution >= 4 is 5.97 Å². The van der Waals surface area contributed by atoms with E-state index in [2.05, 4.69) is 5.48 Å². The van der Waals surface area contributed by atoms with Gasteiger partial charge in [0.05, 0.1) is 6.61 Å². The summed E-state index contributed by atoms with van der Waals surface area (Å²) in [5, 5.41) is 8.50. The topological polar surface area (TPSA) is 58.6 Å². The maximum absolute atomic E-state index is 10.3. The van der Waals surface area contributed by atoms with E-state index in [1.807, 2.05) is 0 Å². The highest BCUT2D eigenvalue weighted by molar-refractivity contribution is 5.72. The number of carbonyl (C=O) groups is 1. The van der Waals surface area contributed by atoms with Gasteiger partial charge in [-0.25, -0.2) is 0 Å². The SMILES string of the molecule is O=C(O)C1C=CCNOC1. The highest BCUT2D eigenvalue weighted by Crippen LogP contribution is 2.01. The van der Waals surface area contributed by atoms with Crippen LogP contribution in [0.2, 0.25) is 0 Å². The van der Waals surface area contributed by atoms with E-state index >= 15 is 0 Å². The number of aliphatic carboxylic acids is 1. The van der Waals surface area contributed by atoms with Gasteiger partial charge in [-0.3, -0.25) is 4.79 Å². The van der Waals surface area contributed by atoms with Crippen LogP contribution in [0, 0.1) is 5.92 Å². The van der Waals surface area contributed by atoms with Crippen molar-refractivity contribution in [1.82, 2.24) is 5.48 Å². The van der Waals surface area contributed by atoms with E-state index in [-0.39, 0.29) is 6.61 Å². The van der Waals surface area contributed by atoms with E-state index < -0.39 is 11.9 Å². The summed E-state index contributed by atoms with van der Waals surface area (Å²) in [5.41, 5.74) is 2.58. The zero-order valence-electron chi connectivity index (χ0n) is 5.41. The molecule has 0 aromatic heterocycles. The lowest BCUT2D eigenvalue weighted by molar-refractivity contribution is -0.142. The van der Waals surface area contributed by atoms with Gasteiger partial charge >= 0.3 is 5.97 Å². The van der Waals surface area contributed by atoms with Gasteiger partial charge in [0.25, 0.3) is 0 Å². The molecule has 0 fully saturated rings. The molecule has 0 saturated heterocycles. The minimum atomic E-state index is -0.847. The maximum Gasteiger partial charge on any atom is 0.312 e. The Morgan fingerprint density at radius 1 is 1.80 bits per heavy atom. The van der Waals surface area contributed by atoms with Crippen molar-refractivity contribution in [2.45, 2.75) is 0 Å². The number of hydrogen-bond acceptors (Lipinski definition) is 3. The molecule has 0 saturated carbocycles. The largest absolute Gasteiger partial charge is 0.481 e. The lowest BCUT2D eigenvalue weighted by atomic mass is 10.1. The van der Waals surface area contributed by atoms with Crippen molar-refractivity contribution in [2.24, 2.45) is 5.92 Å². The van der Waals surface area contributed by atoms with Crippen molar-refractivity contribution in [3.05, 3.63) is 12.2 Å². The van der Waals surface area contributed by atoms with Crippen LogP contribution >= 0.6 is 0 Å². The first-order valence-electron chi connectivity index (χ1n) is 3.05. The van der Waals surface area contributed by atoms with Gasteiger partial charge in [-0.15, -0.1) is 0 Å². The van der Waals surface area contributed by atoms with Crippen LogP contribution in [0.4, 0.5) is 0 Å². The van der Waals surface area contributed by atoms with Crippen molar-refractivity contribution in [2.75, 3.05) is 13.2 Å². The van der Waals surface area contributed by atoms with E-state index in [9.17, 15) is 4.79 Å². The fourth-order valence-electron chi connectivity index (χ4n) is 0.697. The van der Waals surface area contributed by atoms with Crippen molar-refractivity contribution in [1.29, 1.82) is 0 Å². The molecule has 4 nitrogen and oxygen atoms in total. The molecule has 10 heavy (non-hydrogen) atoms. The van der Waals surface area contributed by atoms with Crippen LogP contribution in [-0.2, 0) is 9.63 Å². The van der Waals surface area contributed by atoms with E-state index in [1.54, 1.807) is 12.2 Å². The monoisotopic (exact) mass is 143 g/mol. The molecule has 1 aliphatic rings. The second kappa shape index (κ2) is 3.34. The van der Waals surface area contributed by atoms with Gasteiger partial charge < -0.3 is 9.94 Å². The molecule has 0 bridgehead atoms. The minimum absolute atomic E-state index is 0.200. The molecule has 0 amide bonds. The van der Waals surface area contributed by atoms with Crippen LogP contribution in [0.1, 0.15) is 0 Å². The molecule has 2 N–H and O–H groups in total. The zero-order valence-corrected chi connectivity index (χ0v) is 5.41. The Labute approximate surface area is 58.4 Å². The summed E-state index contributed by atoms with van der Waals surface area (Å²) in [7, 11) is 0. The Hall–Kier alpha value is -0.870. The summed E-state index contributed by atoms with van der Waals surface area (Å²) in [6, 6.07) is 0. The standard InChI is InChI=1S/C6H9NO3/c8-6(9)5-2-1-3-7-10-4-5/h1-2,5,7H,3-4H2,(H,8,9). The Morgan fingerprint density at radius 3 is 3.30 bits per heavy atom. The summed E-state index contributed by atoms with van der Waals surface area (Å²) in [5.74, 6) is -1.35. The van der Waals surface area contributed by atoms with Gasteiger partial charge in [-0.05, 0) is 0 Å². The second-order valence-electron chi connectivity index (χ2n) is 2.03. The molecule has 1 aliphatic heterocycles. The molecule has 0 radical (unpaired) electrons. The Morgan fingerprint density at radius 2 is 2.60 bits per heavy atom. The molecular formula is C6H9NO3. The van der Waals surface area contributed by atoms with Crippen LogP contribution in [0.5, 0.6) is 0 Å². The van der Waals surface area contributed by atoms with E-state index in [0.717, 1.165) is 0 Å². The van der Waals surface area contributed by atoms with Gasteiger partial charge in [0.2, 0.25) is 0 Å². The third-order valence-corrected chi connectivity index (χ3v) is 1.25. The number of nitrogens with one attached hydrogen (secondary N) is 1. The molecule has 1 unspecified atom stereocenters. The number of carboxylic acids is 1. The molecule has 0 aromatic rings. The van der Waals surface area contributed by atoms with Crippen LogP contribution in [-0.4, -0.2) is 24.2 Å². The highest BCUT2D eigenvalue weighted by Gasteiger charge is 2.14. The second-order valence-corrected chi connectivity index (χ2v) is 2.03. The van der Waals surface area contributed by atoms with Crippen LogP contribution < -0.4 is 5.48 Å². The van der Waals surface area contributed by atoms with Gasteiger partial charge in [0.15, 0.2) is 0 Å². The molecular weight excluding hydrogens is 134 g/mol. The average molecular weight is 143 g/mol. The summed E-state index contributed by atoms with van der Waals surface area (Å²) in [4.78, 5) is 15.1. The van der Waals surface area contributed by atoms with Crippen LogP contribution in [0.3, 0.4) is 0 Å². The lowest BCUT2D eigenvalue weighted by Crippen LogP contribution is -2.20. The van der Waals surface area contributed by atoms with Gasteiger partial charge in [0.1, 0.15) is 5.92 Å². The number of hydroxylamine groups is 1. The van der Waals surface area contributed by atoms with Crippen LogP contribution in [0.15, 0.2) is 12.2 Å². The number of carboxylic acid groups (broad SMARTS) is 1. The summed E-state index contributed by atoms with van der Waals surface area (Å²) in [6.07, 6.45) is 3.37. The van der Waals surface area contributed by atoms with Crippen molar-refractivity contribution in [3.8, 4) is 0 Å². The van der Waals surface area contributed by atoms with Crippen molar-refractivity contribution in [3.63, 3.8) is 0 Å². The normalized spacial score (nSPS) is 25.8. The fraction of sp³-hybridized carbons (Fsp3) is 0.500. The molecule has 1 rings (SSSR count). The molecule has 0 aromatic carbocycles. The number of hydrogen-bond donors (Lipinski definition) is 2. The van der Waals surface area contributed by atoms with Crippen molar-refractivity contribution < 1.29 is 14.7 Å². The van der Waals surface area contributed by atoms with E-state index in [0.29, 0.717) is 6.54 Å². The fourth-order valence-corrected chi connectivity index (χ4v) is 0.697. The quantitative estimate of drug-likeness (QED) is 0.498. The third kappa shape index (κ3) is 1.82. The first-order chi connectivity index (χ1) is 4.80. The van der Waals surface area contributed by atoms with Gasteiger partial charge in [0, 0.05) is 6.54 Å². The van der Waals surface area contributed by atoms with E-state index in [4.69, 9.17) is 9.94 Å². The molecule has 56 valence electrons. The first kappa shape index (κ1) is 7.24. The summed E-state index contributed by atoms with van der Waals surface area (Å²) in [6.45, 7) is 0.773. The summed E-state index contributed by atoms with van der Waals surface area (Å²) >= 11 is 0. The highest BCUT2D eigenvalue weighted by atomic mass is 16.6. The molecule has 0 spiro atoms. The maximum atomic E-state index is 10.3. The molecule has 4 heteroatoms. The minimum Gasteiger partial charge on any atom is -0.481 e. The number of rotatable bonds is 1. The zero-order chi connectivity index (χ0) is 7.40. The lowest BCUT2D eigenvalue weighted by Gasteiger charge is -2.03. The molecule has 1 atom stereocenters. The predicted octanol–water partition coefficient (Wildman–Crippen LogP) is -0.222. The van der Waals surface area contributed by atoms with E-state index in [1.165, 1.54) is 0 Å². The summed E-state index contributed by atoms with van der Waals surface area (Å²) < 4.78 is 0. The Kier molecular flexibility index (Phi) is 2.42. The smallest absolute Gasteiger partial charge is 0.312 e. The Balaban J connectivity index is 2.49. The average Bonchev–Trinajstić information content (AvgIpc) is 2.12. The molecule has 1 heterocycles. The Bertz CT molecular complexity index is 155. The first-order valence-corrected chi connectivity index (χ1v) is 3.05.